The van der Waals surface area contributed by atoms with Crippen LogP contribution in [0.3, 0.4) is 0 Å². The molecule has 1 aliphatic rings. The Morgan fingerprint density at radius 1 is 1.28 bits per heavy atom. The minimum Gasteiger partial charge on any atom is -0.444 e. The summed E-state index contributed by atoms with van der Waals surface area (Å²) < 4.78 is 7.09. The van der Waals surface area contributed by atoms with Crippen LogP contribution in [0.2, 0.25) is 0 Å². The van der Waals surface area contributed by atoms with Gasteiger partial charge in [-0.2, -0.15) is 5.10 Å². The first kappa shape index (κ1) is 17.3. The molecule has 1 saturated carbocycles. The van der Waals surface area contributed by atoms with Crippen LogP contribution in [-0.4, -0.2) is 38.5 Å². The summed E-state index contributed by atoms with van der Waals surface area (Å²) in [5, 5.41) is 10.8. The fourth-order valence-corrected chi connectivity index (χ4v) is 2.99. The van der Waals surface area contributed by atoms with E-state index < -0.39 is 5.60 Å². The Balaban J connectivity index is 1.60. The number of ether oxygens (including phenoxy) is 1. The van der Waals surface area contributed by atoms with E-state index in [1.165, 1.54) is 0 Å². The van der Waals surface area contributed by atoms with Crippen molar-refractivity contribution in [1.82, 2.24) is 20.1 Å². The van der Waals surface area contributed by atoms with Gasteiger partial charge < -0.3 is 15.4 Å². The summed E-state index contributed by atoms with van der Waals surface area (Å²) in [5.74, 6) is 0.769. The predicted molar refractivity (Wildman–Crippen MR) is 95.8 cm³/mol. The molecule has 1 fully saturated rings. The largest absolute Gasteiger partial charge is 0.444 e. The van der Waals surface area contributed by atoms with Gasteiger partial charge in [-0.25, -0.2) is 14.5 Å². The fourth-order valence-electron chi connectivity index (χ4n) is 2.99. The van der Waals surface area contributed by atoms with Crippen LogP contribution in [0.5, 0.6) is 0 Å². The molecule has 2 aromatic heterocycles. The molecule has 1 aliphatic carbocycles. The summed E-state index contributed by atoms with van der Waals surface area (Å²) in [6.45, 7) is 5.59. The Kier molecular flexibility index (Phi) is 4.92. The number of amides is 1. The number of carbonyl (C=O) groups excluding carboxylic acids is 1. The summed E-state index contributed by atoms with van der Waals surface area (Å²) in [7, 11) is 0. The van der Waals surface area contributed by atoms with Crippen molar-refractivity contribution >= 4 is 11.8 Å². The van der Waals surface area contributed by atoms with Gasteiger partial charge in [-0.1, -0.05) is 6.07 Å². The molecule has 0 radical (unpaired) electrons. The lowest BCUT2D eigenvalue weighted by Crippen LogP contribution is -2.45. The molecule has 0 saturated heterocycles. The van der Waals surface area contributed by atoms with Crippen molar-refractivity contribution in [3.8, 4) is 5.82 Å². The molecule has 2 N–H and O–H groups in total. The van der Waals surface area contributed by atoms with E-state index in [9.17, 15) is 4.79 Å². The summed E-state index contributed by atoms with van der Waals surface area (Å²) >= 11 is 0. The highest BCUT2D eigenvalue weighted by Gasteiger charge is 2.30. The second-order valence-corrected chi connectivity index (χ2v) is 7.30. The zero-order valence-electron chi connectivity index (χ0n) is 14.9. The normalized spacial score (nSPS) is 20.3. The Morgan fingerprint density at radius 2 is 2.08 bits per heavy atom. The van der Waals surface area contributed by atoms with Gasteiger partial charge in [0.2, 0.25) is 0 Å². The van der Waals surface area contributed by atoms with Crippen molar-refractivity contribution in [3.05, 3.63) is 36.8 Å². The molecule has 7 nitrogen and oxygen atoms in total. The summed E-state index contributed by atoms with van der Waals surface area (Å²) in [6, 6.07) is 5.91. The van der Waals surface area contributed by atoms with Gasteiger partial charge in [0.15, 0.2) is 5.82 Å². The van der Waals surface area contributed by atoms with Crippen LogP contribution in [0.15, 0.2) is 36.8 Å². The molecule has 3 rings (SSSR count). The number of nitrogens with one attached hydrogen (secondary N) is 2. The molecular weight excluding hydrogens is 318 g/mol. The van der Waals surface area contributed by atoms with Gasteiger partial charge in [-0.3, -0.25) is 0 Å². The standard InChI is InChI=1S/C18H25N5O2/c1-18(2,3)25-17(24)22-15-8-6-7-14(15)21-13-11-20-23(12-13)16-9-4-5-10-19-16/h4-5,9-12,14-15,21H,6-8H2,1-3H3,(H,22,24)/t14-,15-/m0/s1. The third-order valence-electron chi connectivity index (χ3n) is 4.04. The molecule has 134 valence electrons. The first-order chi connectivity index (χ1) is 11.9. The number of rotatable bonds is 4. The highest BCUT2D eigenvalue weighted by molar-refractivity contribution is 5.68. The number of hydrogen-bond donors (Lipinski definition) is 2. The average molecular weight is 343 g/mol. The average Bonchev–Trinajstić information content (AvgIpc) is 3.17. The Hall–Kier alpha value is -2.57. The molecule has 0 spiro atoms. The quantitative estimate of drug-likeness (QED) is 0.891. The zero-order chi connectivity index (χ0) is 17.9. The van der Waals surface area contributed by atoms with Gasteiger partial charge in [-0.15, -0.1) is 0 Å². The minimum absolute atomic E-state index is 0.0491. The van der Waals surface area contributed by atoms with Crippen LogP contribution in [0.1, 0.15) is 40.0 Å². The fraction of sp³-hybridized carbons (Fsp3) is 0.500. The summed E-state index contributed by atoms with van der Waals surface area (Å²) in [5.41, 5.74) is 0.420. The van der Waals surface area contributed by atoms with Crippen molar-refractivity contribution in [3.63, 3.8) is 0 Å². The SMILES string of the molecule is CC(C)(C)OC(=O)N[C@H]1CCC[C@@H]1Nc1cnn(-c2ccccn2)c1. The first-order valence-corrected chi connectivity index (χ1v) is 8.63. The van der Waals surface area contributed by atoms with E-state index in [1.807, 2.05) is 45.2 Å². The monoisotopic (exact) mass is 343 g/mol. The predicted octanol–water partition coefficient (Wildman–Crippen LogP) is 3.13. The molecule has 2 heterocycles. The van der Waals surface area contributed by atoms with Crippen molar-refractivity contribution in [2.75, 3.05) is 5.32 Å². The van der Waals surface area contributed by atoms with Crippen molar-refractivity contribution in [1.29, 1.82) is 0 Å². The molecular formula is C18H25N5O2. The highest BCUT2D eigenvalue weighted by Crippen LogP contribution is 2.24. The summed E-state index contributed by atoms with van der Waals surface area (Å²) in [6.07, 6.45) is 8.05. The maximum atomic E-state index is 12.0. The zero-order valence-corrected chi connectivity index (χ0v) is 14.9. The van der Waals surface area contributed by atoms with Crippen LogP contribution in [0.4, 0.5) is 10.5 Å². The lowest BCUT2D eigenvalue weighted by Gasteiger charge is -2.25. The molecule has 25 heavy (non-hydrogen) atoms. The van der Waals surface area contributed by atoms with Crippen LogP contribution in [-0.2, 0) is 4.74 Å². The molecule has 0 bridgehead atoms. The molecule has 2 atom stereocenters. The lowest BCUT2D eigenvalue weighted by molar-refractivity contribution is 0.0503. The molecule has 0 aliphatic heterocycles. The van der Waals surface area contributed by atoms with E-state index in [-0.39, 0.29) is 18.2 Å². The van der Waals surface area contributed by atoms with E-state index >= 15 is 0 Å². The number of hydrogen-bond acceptors (Lipinski definition) is 5. The van der Waals surface area contributed by atoms with E-state index in [4.69, 9.17) is 4.74 Å². The van der Waals surface area contributed by atoms with Crippen LogP contribution in [0, 0.1) is 0 Å². The van der Waals surface area contributed by atoms with Crippen molar-refractivity contribution < 1.29 is 9.53 Å². The van der Waals surface area contributed by atoms with E-state index in [0.29, 0.717) is 0 Å². The number of alkyl carbamates (subject to hydrolysis) is 1. The smallest absolute Gasteiger partial charge is 0.407 e. The number of aromatic nitrogens is 3. The number of nitrogens with zero attached hydrogens (tertiary/aromatic N) is 3. The minimum atomic E-state index is -0.491. The molecule has 0 unspecified atom stereocenters. The molecule has 1 amide bonds. The molecule has 7 heteroatoms. The Bertz CT molecular complexity index is 708. The molecule has 2 aromatic rings. The number of pyridine rings is 1. The van der Waals surface area contributed by atoms with E-state index in [2.05, 4.69) is 20.7 Å². The third kappa shape index (κ3) is 4.71. The van der Waals surface area contributed by atoms with Gasteiger partial charge in [0.1, 0.15) is 5.60 Å². The van der Waals surface area contributed by atoms with Crippen LogP contribution < -0.4 is 10.6 Å². The van der Waals surface area contributed by atoms with Crippen LogP contribution >= 0.6 is 0 Å². The maximum absolute atomic E-state index is 12.0. The second kappa shape index (κ2) is 7.13. The van der Waals surface area contributed by atoms with Gasteiger partial charge in [-0.05, 0) is 52.2 Å². The highest BCUT2D eigenvalue weighted by atomic mass is 16.6. The Morgan fingerprint density at radius 3 is 2.80 bits per heavy atom. The van der Waals surface area contributed by atoms with E-state index in [1.54, 1.807) is 17.1 Å². The van der Waals surface area contributed by atoms with Crippen molar-refractivity contribution in [2.45, 2.75) is 57.7 Å². The molecule has 0 aromatic carbocycles. The van der Waals surface area contributed by atoms with Gasteiger partial charge in [0.25, 0.3) is 0 Å². The Labute approximate surface area is 147 Å². The lowest BCUT2D eigenvalue weighted by atomic mass is 10.1. The number of anilines is 1. The summed E-state index contributed by atoms with van der Waals surface area (Å²) in [4.78, 5) is 16.3. The number of carbonyl (C=O) groups is 1. The van der Waals surface area contributed by atoms with E-state index in [0.717, 1.165) is 30.8 Å². The van der Waals surface area contributed by atoms with Gasteiger partial charge >= 0.3 is 6.09 Å². The van der Waals surface area contributed by atoms with Gasteiger partial charge in [0.05, 0.1) is 24.1 Å². The first-order valence-electron chi connectivity index (χ1n) is 8.63. The third-order valence-corrected chi connectivity index (χ3v) is 4.04. The van der Waals surface area contributed by atoms with Gasteiger partial charge in [0, 0.05) is 12.2 Å². The van der Waals surface area contributed by atoms with Crippen molar-refractivity contribution in [2.24, 2.45) is 0 Å². The second-order valence-electron chi connectivity index (χ2n) is 7.30. The topological polar surface area (TPSA) is 81.1 Å². The van der Waals surface area contributed by atoms with Crippen LogP contribution in [0.25, 0.3) is 5.82 Å². The maximum Gasteiger partial charge on any atom is 0.407 e.